The van der Waals surface area contributed by atoms with Gasteiger partial charge in [0.15, 0.2) is 0 Å². The first-order valence-corrected chi connectivity index (χ1v) is 5.45. The molecule has 92 valence electrons. The van der Waals surface area contributed by atoms with Crippen molar-refractivity contribution in [3.05, 3.63) is 48.0 Å². The van der Waals surface area contributed by atoms with E-state index in [0.717, 1.165) is 0 Å². The fourth-order valence-corrected chi connectivity index (χ4v) is 1.53. The Morgan fingerprint density at radius 3 is 2.44 bits per heavy atom. The van der Waals surface area contributed by atoms with Gasteiger partial charge >= 0.3 is 0 Å². The number of rotatable bonds is 3. The van der Waals surface area contributed by atoms with Crippen LogP contribution in [0.5, 0.6) is 0 Å². The van der Waals surface area contributed by atoms with Crippen LogP contribution in [-0.2, 0) is 6.61 Å². The number of azo groups is 1. The molecule has 0 spiro atoms. The molecule has 5 nitrogen and oxygen atoms in total. The van der Waals surface area contributed by atoms with Crippen LogP contribution in [0.3, 0.4) is 0 Å². The third-order valence-electron chi connectivity index (χ3n) is 2.42. The molecule has 0 aromatic heterocycles. The van der Waals surface area contributed by atoms with Crippen molar-refractivity contribution < 1.29 is 5.11 Å². The Kier molecular flexibility index (Phi) is 3.54. The molecule has 0 heterocycles. The fourth-order valence-electron chi connectivity index (χ4n) is 1.53. The zero-order chi connectivity index (χ0) is 13.0. The molecule has 0 atom stereocenters. The molecule has 0 aliphatic carbocycles. The fraction of sp³-hybridized carbons (Fsp3) is 0.0769. The minimum absolute atomic E-state index is 0.129. The van der Waals surface area contributed by atoms with Gasteiger partial charge in [0, 0.05) is 16.9 Å². The number of aliphatic hydroxyl groups excluding tert-OH is 1. The van der Waals surface area contributed by atoms with Gasteiger partial charge in [-0.25, -0.2) is 0 Å². The molecule has 2 aromatic rings. The van der Waals surface area contributed by atoms with E-state index in [1.807, 2.05) is 0 Å². The van der Waals surface area contributed by atoms with Crippen molar-refractivity contribution in [3.8, 4) is 0 Å². The van der Waals surface area contributed by atoms with Crippen LogP contribution in [-0.4, -0.2) is 5.11 Å². The van der Waals surface area contributed by atoms with Gasteiger partial charge in [-0.2, -0.15) is 10.2 Å². The second-order valence-corrected chi connectivity index (χ2v) is 3.84. The average Bonchev–Trinajstić information content (AvgIpc) is 2.37. The van der Waals surface area contributed by atoms with Crippen LogP contribution in [0.1, 0.15) is 5.56 Å². The highest BCUT2D eigenvalue weighted by atomic mass is 16.3. The second-order valence-electron chi connectivity index (χ2n) is 3.84. The Hall–Kier alpha value is -2.40. The lowest BCUT2D eigenvalue weighted by Crippen LogP contribution is -1.89. The van der Waals surface area contributed by atoms with Crippen molar-refractivity contribution >= 4 is 22.7 Å². The maximum atomic E-state index is 9.21. The van der Waals surface area contributed by atoms with Crippen LogP contribution in [0.4, 0.5) is 22.7 Å². The van der Waals surface area contributed by atoms with Gasteiger partial charge in [-0.05, 0) is 36.4 Å². The summed E-state index contributed by atoms with van der Waals surface area (Å²) < 4.78 is 0. The zero-order valence-electron chi connectivity index (χ0n) is 9.74. The van der Waals surface area contributed by atoms with Crippen LogP contribution >= 0.6 is 0 Å². The van der Waals surface area contributed by atoms with Crippen molar-refractivity contribution in [2.45, 2.75) is 6.61 Å². The summed E-state index contributed by atoms with van der Waals surface area (Å²) in [5, 5.41) is 17.4. The molecule has 0 bridgehead atoms. The molecule has 0 unspecified atom stereocenters. The highest BCUT2D eigenvalue weighted by Crippen LogP contribution is 2.25. The van der Waals surface area contributed by atoms with E-state index in [2.05, 4.69) is 10.2 Å². The van der Waals surface area contributed by atoms with Crippen molar-refractivity contribution in [2.24, 2.45) is 10.2 Å². The summed E-state index contributed by atoms with van der Waals surface area (Å²) in [6, 6.07) is 12.2. The largest absolute Gasteiger partial charge is 0.399 e. The van der Waals surface area contributed by atoms with Gasteiger partial charge in [0.25, 0.3) is 0 Å². The molecule has 2 aromatic carbocycles. The highest BCUT2D eigenvalue weighted by molar-refractivity contribution is 5.55. The standard InChI is InChI=1S/C13H14N4O/c14-10-2-1-3-12(7-10)16-17-13-5-4-11(15)6-9(13)8-18/h1-7,18H,8,14-15H2/b17-16+. The van der Waals surface area contributed by atoms with Gasteiger partial charge < -0.3 is 16.6 Å². The van der Waals surface area contributed by atoms with E-state index in [1.54, 1.807) is 42.5 Å². The normalized spacial score (nSPS) is 10.9. The predicted molar refractivity (Wildman–Crippen MR) is 71.8 cm³/mol. The van der Waals surface area contributed by atoms with Gasteiger partial charge in [0.05, 0.1) is 18.0 Å². The maximum Gasteiger partial charge on any atom is 0.0913 e. The van der Waals surface area contributed by atoms with E-state index in [4.69, 9.17) is 11.5 Å². The summed E-state index contributed by atoms with van der Waals surface area (Å²) in [5.41, 5.74) is 14.4. The quantitative estimate of drug-likeness (QED) is 0.570. The predicted octanol–water partition coefficient (Wildman–Crippen LogP) is 2.76. The first kappa shape index (κ1) is 12.1. The van der Waals surface area contributed by atoms with E-state index in [0.29, 0.717) is 28.3 Å². The third kappa shape index (κ3) is 2.83. The molecular weight excluding hydrogens is 228 g/mol. The monoisotopic (exact) mass is 242 g/mol. The van der Waals surface area contributed by atoms with E-state index in [9.17, 15) is 5.11 Å². The number of nitrogens with two attached hydrogens (primary N) is 2. The lowest BCUT2D eigenvalue weighted by Gasteiger charge is -2.02. The second kappa shape index (κ2) is 5.29. The van der Waals surface area contributed by atoms with Crippen LogP contribution in [0, 0.1) is 0 Å². The van der Waals surface area contributed by atoms with Gasteiger partial charge in [0.1, 0.15) is 0 Å². The van der Waals surface area contributed by atoms with E-state index in [1.165, 1.54) is 0 Å². The van der Waals surface area contributed by atoms with Crippen molar-refractivity contribution in [1.82, 2.24) is 0 Å². The summed E-state index contributed by atoms with van der Waals surface area (Å²) in [5.74, 6) is 0. The summed E-state index contributed by atoms with van der Waals surface area (Å²) in [7, 11) is 0. The van der Waals surface area contributed by atoms with E-state index >= 15 is 0 Å². The Morgan fingerprint density at radius 1 is 0.944 bits per heavy atom. The zero-order valence-corrected chi connectivity index (χ0v) is 9.74. The lowest BCUT2D eigenvalue weighted by atomic mass is 10.2. The molecule has 0 aliphatic heterocycles. The Morgan fingerprint density at radius 2 is 1.72 bits per heavy atom. The van der Waals surface area contributed by atoms with Crippen LogP contribution in [0.2, 0.25) is 0 Å². The molecule has 5 heteroatoms. The average molecular weight is 242 g/mol. The summed E-state index contributed by atoms with van der Waals surface area (Å²) >= 11 is 0. The van der Waals surface area contributed by atoms with Gasteiger partial charge in [-0.15, -0.1) is 0 Å². The topological polar surface area (TPSA) is 97.0 Å². The number of anilines is 2. The van der Waals surface area contributed by atoms with Crippen LogP contribution in [0.15, 0.2) is 52.7 Å². The molecule has 0 aliphatic rings. The molecule has 0 amide bonds. The minimum Gasteiger partial charge on any atom is -0.399 e. The Labute approximate surface area is 105 Å². The van der Waals surface area contributed by atoms with Crippen molar-refractivity contribution in [3.63, 3.8) is 0 Å². The molecular formula is C13H14N4O. The molecule has 0 saturated heterocycles. The number of hydrogen-bond donors (Lipinski definition) is 3. The highest BCUT2D eigenvalue weighted by Gasteiger charge is 2.01. The number of nitrogen functional groups attached to an aromatic ring is 2. The number of benzene rings is 2. The minimum atomic E-state index is -0.129. The van der Waals surface area contributed by atoms with Gasteiger partial charge in [-0.3, -0.25) is 0 Å². The molecule has 0 fully saturated rings. The first-order valence-electron chi connectivity index (χ1n) is 5.45. The first-order chi connectivity index (χ1) is 8.69. The Balaban J connectivity index is 2.28. The van der Waals surface area contributed by atoms with Gasteiger partial charge in [0.2, 0.25) is 0 Å². The van der Waals surface area contributed by atoms with E-state index < -0.39 is 0 Å². The van der Waals surface area contributed by atoms with Gasteiger partial charge in [-0.1, -0.05) is 6.07 Å². The molecule has 2 rings (SSSR count). The summed E-state index contributed by atoms with van der Waals surface area (Å²) in [6.07, 6.45) is 0. The Bertz CT molecular complexity index is 581. The lowest BCUT2D eigenvalue weighted by molar-refractivity contribution is 0.282. The van der Waals surface area contributed by atoms with E-state index in [-0.39, 0.29) is 6.61 Å². The number of hydrogen-bond acceptors (Lipinski definition) is 5. The molecule has 5 N–H and O–H groups in total. The number of aliphatic hydroxyl groups is 1. The molecule has 0 saturated carbocycles. The van der Waals surface area contributed by atoms with Crippen molar-refractivity contribution in [1.29, 1.82) is 0 Å². The van der Waals surface area contributed by atoms with Crippen LogP contribution in [0.25, 0.3) is 0 Å². The summed E-state index contributed by atoms with van der Waals surface area (Å²) in [4.78, 5) is 0. The number of nitrogens with zero attached hydrogens (tertiary/aromatic N) is 2. The maximum absolute atomic E-state index is 9.21. The van der Waals surface area contributed by atoms with Crippen LogP contribution < -0.4 is 11.5 Å². The third-order valence-corrected chi connectivity index (χ3v) is 2.42. The molecule has 18 heavy (non-hydrogen) atoms. The smallest absolute Gasteiger partial charge is 0.0913 e. The summed E-state index contributed by atoms with van der Waals surface area (Å²) in [6.45, 7) is -0.129. The SMILES string of the molecule is Nc1cccc(/N=N/c2ccc(N)cc2CO)c1. The molecule has 0 radical (unpaired) electrons. The van der Waals surface area contributed by atoms with Crippen molar-refractivity contribution in [2.75, 3.05) is 11.5 Å².